The summed E-state index contributed by atoms with van der Waals surface area (Å²) < 4.78 is 38.0. The van der Waals surface area contributed by atoms with Crippen LogP contribution < -0.4 is 11.5 Å². The van der Waals surface area contributed by atoms with Crippen molar-refractivity contribution in [3.8, 4) is 0 Å². The van der Waals surface area contributed by atoms with Gasteiger partial charge in [0.15, 0.2) is 5.54 Å². The van der Waals surface area contributed by atoms with E-state index in [1.807, 2.05) is 0 Å². The van der Waals surface area contributed by atoms with Gasteiger partial charge in [-0.25, -0.2) is 4.98 Å². The Morgan fingerprint density at radius 1 is 1.37 bits per heavy atom. The number of nitrogens with zero attached hydrogens (tertiary/aromatic N) is 2. The number of aromatic nitrogens is 1. The second-order valence-electron chi connectivity index (χ2n) is 4.41. The van der Waals surface area contributed by atoms with Crippen molar-refractivity contribution in [1.82, 2.24) is 4.98 Å². The fraction of sp³-hybridized carbons (Fsp3) is 0.333. The highest BCUT2D eigenvalue weighted by atomic mass is 19.4. The first-order chi connectivity index (χ1) is 8.67. The van der Waals surface area contributed by atoms with Crippen LogP contribution >= 0.6 is 0 Å². The molecule has 4 N–H and O–H groups in total. The number of aliphatic imine (C=N–C) groups is 1. The maximum absolute atomic E-state index is 12.7. The Morgan fingerprint density at radius 3 is 2.47 bits per heavy atom. The van der Waals surface area contributed by atoms with Gasteiger partial charge in [0, 0.05) is 24.2 Å². The van der Waals surface area contributed by atoms with E-state index in [1.165, 1.54) is 18.5 Å². The zero-order chi connectivity index (χ0) is 14.7. The molecule has 0 saturated heterocycles. The van der Waals surface area contributed by atoms with Crippen LogP contribution in [0.1, 0.15) is 19.4 Å². The molecule has 0 atom stereocenters. The van der Waals surface area contributed by atoms with Crippen LogP contribution in [0.4, 0.5) is 19.0 Å². The number of pyridine rings is 1. The lowest BCUT2D eigenvalue weighted by atomic mass is 10.1. The highest BCUT2D eigenvalue weighted by molar-refractivity contribution is 6.09. The highest BCUT2D eigenvalue weighted by Crippen LogP contribution is 2.33. The minimum absolute atomic E-state index is 0.250. The van der Waals surface area contributed by atoms with Crippen molar-refractivity contribution < 1.29 is 13.2 Å². The summed E-state index contributed by atoms with van der Waals surface area (Å²) in [6.07, 6.45) is -0.732. The fourth-order valence-electron chi connectivity index (χ4n) is 1.15. The molecule has 1 aromatic rings. The average Bonchev–Trinajstić information content (AvgIpc) is 2.28. The second kappa shape index (κ2) is 5.29. The van der Waals surface area contributed by atoms with E-state index in [0.717, 1.165) is 20.1 Å². The molecular formula is C12H15F3N4. The third kappa shape index (κ3) is 3.70. The first-order valence-corrected chi connectivity index (χ1v) is 5.43. The third-order valence-electron chi connectivity index (χ3n) is 2.51. The standard InChI is InChI=1S/C12H15F3N4/c1-11(2,12(13,14)15)19-7-9(6-16)8-3-4-18-10(17)5-8/h3-7H,16H2,1-2H3,(H2,17,18)/b9-6+,19-7?. The molecule has 4 nitrogen and oxygen atoms in total. The van der Waals surface area contributed by atoms with Crippen molar-refractivity contribution in [3.05, 3.63) is 30.1 Å². The Bertz CT molecular complexity index is 504. The summed E-state index contributed by atoms with van der Waals surface area (Å²) in [5.41, 5.74) is 9.61. The minimum atomic E-state index is -4.43. The van der Waals surface area contributed by atoms with Gasteiger partial charge < -0.3 is 11.5 Å². The smallest absolute Gasteiger partial charge is 0.404 e. The number of alkyl halides is 3. The quantitative estimate of drug-likeness (QED) is 0.829. The molecule has 7 heteroatoms. The monoisotopic (exact) mass is 272 g/mol. The van der Waals surface area contributed by atoms with Gasteiger partial charge in [0.05, 0.1) is 0 Å². The van der Waals surface area contributed by atoms with Crippen LogP contribution in [0.25, 0.3) is 5.57 Å². The molecule has 0 amide bonds. The SMILES string of the molecule is CC(C)(N=C/C(=C\N)c1ccnc(N)c1)C(F)(F)F. The molecular weight excluding hydrogens is 257 g/mol. The molecule has 0 saturated carbocycles. The summed E-state index contributed by atoms with van der Waals surface area (Å²) in [4.78, 5) is 7.33. The number of hydrogen-bond acceptors (Lipinski definition) is 4. The number of hydrogen-bond donors (Lipinski definition) is 2. The van der Waals surface area contributed by atoms with Crippen LogP contribution in [-0.2, 0) is 0 Å². The summed E-state index contributed by atoms with van der Waals surface area (Å²) in [6.45, 7) is 1.97. The molecule has 1 rings (SSSR count). The van der Waals surface area contributed by atoms with Crippen LogP contribution in [0.5, 0.6) is 0 Å². The zero-order valence-electron chi connectivity index (χ0n) is 10.6. The Labute approximate surface area is 109 Å². The minimum Gasteiger partial charge on any atom is -0.404 e. The van der Waals surface area contributed by atoms with Crippen LogP contribution in [0.15, 0.2) is 29.5 Å². The summed E-state index contributed by atoms with van der Waals surface area (Å²) >= 11 is 0. The Hall–Kier alpha value is -2.05. The van der Waals surface area contributed by atoms with Gasteiger partial charge in [-0.3, -0.25) is 4.99 Å². The third-order valence-corrected chi connectivity index (χ3v) is 2.51. The number of anilines is 1. The van der Waals surface area contributed by atoms with E-state index in [2.05, 4.69) is 9.98 Å². The summed E-state index contributed by atoms with van der Waals surface area (Å²) in [5.74, 6) is 0.250. The number of allylic oxidation sites excluding steroid dienone is 1. The lowest BCUT2D eigenvalue weighted by Gasteiger charge is -2.23. The first kappa shape index (κ1) is 15.0. The van der Waals surface area contributed by atoms with Crippen LogP contribution in [0, 0.1) is 0 Å². The summed E-state index contributed by atoms with van der Waals surface area (Å²) in [5, 5.41) is 0. The maximum atomic E-state index is 12.7. The van der Waals surface area contributed by atoms with E-state index in [1.54, 1.807) is 6.07 Å². The molecule has 19 heavy (non-hydrogen) atoms. The van der Waals surface area contributed by atoms with E-state index in [-0.39, 0.29) is 5.82 Å². The largest absolute Gasteiger partial charge is 0.413 e. The fourth-order valence-corrected chi connectivity index (χ4v) is 1.15. The van der Waals surface area contributed by atoms with Gasteiger partial charge in [-0.05, 0) is 31.5 Å². The molecule has 0 aromatic carbocycles. The predicted molar refractivity (Wildman–Crippen MR) is 69.4 cm³/mol. The van der Waals surface area contributed by atoms with E-state index < -0.39 is 11.7 Å². The van der Waals surface area contributed by atoms with E-state index in [0.29, 0.717) is 11.1 Å². The number of nitrogens with two attached hydrogens (primary N) is 2. The lowest BCUT2D eigenvalue weighted by Crippen LogP contribution is -2.37. The van der Waals surface area contributed by atoms with E-state index in [4.69, 9.17) is 11.5 Å². The van der Waals surface area contributed by atoms with E-state index in [9.17, 15) is 13.2 Å². The molecule has 0 aliphatic rings. The predicted octanol–water partition coefficient (Wildman–Crippen LogP) is 2.38. The molecule has 104 valence electrons. The average molecular weight is 272 g/mol. The maximum Gasteiger partial charge on any atom is 0.413 e. The van der Waals surface area contributed by atoms with Crippen molar-refractivity contribution in [3.63, 3.8) is 0 Å². The normalized spacial score (nSPS) is 14.1. The van der Waals surface area contributed by atoms with Crippen molar-refractivity contribution in [1.29, 1.82) is 0 Å². The van der Waals surface area contributed by atoms with Gasteiger partial charge in [-0.2, -0.15) is 13.2 Å². The zero-order valence-corrected chi connectivity index (χ0v) is 10.6. The van der Waals surface area contributed by atoms with Gasteiger partial charge in [0.2, 0.25) is 0 Å². The number of halogens is 3. The molecule has 0 aliphatic heterocycles. The van der Waals surface area contributed by atoms with Gasteiger partial charge in [0.25, 0.3) is 0 Å². The van der Waals surface area contributed by atoms with Crippen LogP contribution in [0.2, 0.25) is 0 Å². The van der Waals surface area contributed by atoms with Crippen LogP contribution in [-0.4, -0.2) is 22.9 Å². The molecule has 1 heterocycles. The van der Waals surface area contributed by atoms with Crippen LogP contribution in [0.3, 0.4) is 0 Å². The molecule has 1 aromatic heterocycles. The van der Waals surface area contributed by atoms with E-state index >= 15 is 0 Å². The van der Waals surface area contributed by atoms with Crippen molar-refractivity contribution >= 4 is 17.6 Å². The molecule has 0 fully saturated rings. The molecule has 0 aliphatic carbocycles. The Morgan fingerprint density at radius 2 is 2.00 bits per heavy atom. The molecule has 0 unspecified atom stereocenters. The van der Waals surface area contributed by atoms with Gasteiger partial charge in [-0.15, -0.1) is 0 Å². The summed E-state index contributed by atoms with van der Waals surface area (Å²) in [6, 6.07) is 3.09. The first-order valence-electron chi connectivity index (χ1n) is 5.43. The van der Waals surface area contributed by atoms with Gasteiger partial charge in [-0.1, -0.05) is 0 Å². The lowest BCUT2D eigenvalue weighted by molar-refractivity contribution is -0.174. The van der Waals surface area contributed by atoms with Crippen molar-refractivity contribution in [2.75, 3.05) is 5.73 Å². The Balaban J connectivity index is 3.03. The van der Waals surface area contributed by atoms with Gasteiger partial charge in [0.1, 0.15) is 5.82 Å². The number of nitrogen functional groups attached to an aromatic ring is 1. The summed E-state index contributed by atoms with van der Waals surface area (Å²) in [7, 11) is 0. The Kier molecular flexibility index (Phi) is 4.18. The van der Waals surface area contributed by atoms with Gasteiger partial charge >= 0.3 is 6.18 Å². The topological polar surface area (TPSA) is 77.3 Å². The van der Waals surface area contributed by atoms with Crippen molar-refractivity contribution in [2.24, 2.45) is 10.7 Å². The molecule has 0 radical (unpaired) electrons. The second-order valence-corrected chi connectivity index (χ2v) is 4.41. The highest BCUT2D eigenvalue weighted by Gasteiger charge is 2.47. The molecule has 0 bridgehead atoms. The molecule has 0 spiro atoms. The number of rotatable bonds is 3. The van der Waals surface area contributed by atoms with Crippen molar-refractivity contribution in [2.45, 2.75) is 25.6 Å².